The largest absolute Gasteiger partial charge is 0.378 e. The average molecular weight is 268 g/mol. The molecule has 0 radical (unpaired) electrons. The molecular weight excluding hydrogens is 240 g/mol. The summed E-state index contributed by atoms with van der Waals surface area (Å²) in [5, 5.41) is 3.56. The number of carbonyl (C=O) groups excluding carboxylic acids is 1. The molecule has 2 rings (SSSR count). The molecule has 2 aliphatic heterocycles. The number of amides is 1. The minimum atomic E-state index is -0.392. The van der Waals surface area contributed by atoms with Gasteiger partial charge in [-0.05, 0) is 39.0 Å². The van der Waals surface area contributed by atoms with Crippen LogP contribution in [0.25, 0.3) is 0 Å². The Morgan fingerprint density at radius 3 is 2.74 bits per heavy atom. The normalized spacial score (nSPS) is 40.2. The predicted molar refractivity (Wildman–Crippen MR) is 75.7 cm³/mol. The highest BCUT2D eigenvalue weighted by Crippen LogP contribution is 2.32. The van der Waals surface area contributed by atoms with Crippen LogP contribution >= 0.6 is 0 Å². The van der Waals surface area contributed by atoms with E-state index < -0.39 is 5.54 Å². The molecule has 0 aliphatic carbocycles. The Bertz CT molecular complexity index is 345. The van der Waals surface area contributed by atoms with Crippen LogP contribution in [0.15, 0.2) is 0 Å². The first kappa shape index (κ1) is 14.8. The Morgan fingerprint density at radius 2 is 2.21 bits per heavy atom. The van der Waals surface area contributed by atoms with Gasteiger partial charge in [0.05, 0.1) is 17.8 Å². The molecule has 2 fully saturated rings. The zero-order chi connectivity index (χ0) is 14.2. The van der Waals surface area contributed by atoms with Crippen LogP contribution in [0.4, 0.5) is 0 Å². The van der Waals surface area contributed by atoms with Gasteiger partial charge in [0.25, 0.3) is 0 Å². The zero-order valence-corrected chi connectivity index (χ0v) is 12.9. The summed E-state index contributed by atoms with van der Waals surface area (Å²) < 4.78 is 5.62. The van der Waals surface area contributed by atoms with Crippen LogP contribution in [0.3, 0.4) is 0 Å². The van der Waals surface area contributed by atoms with E-state index in [2.05, 4.69) is 37.9 Å². The van der Waals surface area contributed by atoms with Gasteiger partial charge in [0.2, 0.25) is 5.91 Å². The molecule has 0 spiro atoms. The molecular formula is C15H28N2O2. The highest BCUT2D eigenvalue weighted by Gasteiger charge is 2.50. The molecule has 4 unspecified atom stereocenters. The summed E-state index contributed by atoms with van der Waals surface area (Å²) >= 11 is 0. The number of ether oxygens (including phenoxy) is 1. The molecule has 0 bridgehead atoms. The topological polar surface area (TPSA) is 41.6 Å². The first-order chi connectivity index (χ1) is 8.89. The molecule has 4 atom stereocenters. The highest BCUT2D eigenvalue weighted by molar-refractivity contribution is 5.88. The van der Waals surface area contributed by atoms with Crippen LogP contribution in [0, 0.1) is 5.92 Å². The maximum absolute atomic E-state index is 12.8. The number of nitrogens with one attached hydrogen (secondary N) is 1. The maximum Gasteiger partial charge on any atom is 0.244 e. The summed E-state index contributed by atoms with van der Waals surface area (Å²) in [5.41, 5.74) is -0.392. The Kier molecular flexibility index (Phi) is 4.21. The highest BCUT2D eigenvalue weighted by atomic mass is 16.5. The lowest BCUT2D eigenvalue weighted by molar-refractivity contribution is -0.138. The van der Waals surface area contributed by atoms with E-state index in [1.165, 1.54) is 0 Å². The van der Waals surface area contributed by atoms with Crippen LogP contribution in [0.2, 0.25) is 0 Å². The summed E-state index contributed by atoms with van der Waals surface area (Å²) in [6.07, 6.45) is 3.17. The van der Waals surface area contributed by atoms with Crippen LogP contribution in [0.1, 0.15) is 53.9 Å². The molecule has 0 aromatic heterocycles. The fourth-order valence-electron chi connectivity index (χ4n) is 3.23. The molecule has 110 valence electrons. The van der Waals surface area contributed by atoms with E-state index in [-0.39, 0.29) is 18.2 Å². The quantitative estimate of drug-likeness (QED) is 0.852. The fraction of sp³-hybridized carbons (Fsp3) is 0.933. The molecule has 2 heterocycles. The van der Waals surface area contributed by atoms with Crippen molar-refractivity contribution in [2.75, 3.05) is 6.61 Å². The van der Waals surface area contributed by atoms with Gasteiger partial charge in [0.15, 0.2) is 0 Å². The first-order valence-electron chi connectivity index (χ1n) is 7.61. The first-order valence-corrected chi connectivity index (χ1v) is 7.61. The van der Waals surface area contributed by atoms with E-state index >= 15 is 0 Å². The molecule has 0 saturated carbocycles. The molecule has 1 N–H and O–H groups in total. The van der Waals surface area contributed by atoms with Gasteiger partial charge in [-0.2, -0.15) is 0 Å². The van der Waals surface area contributed by atoms with Crippen molar-refractivity contribution >= 4 is 5.91 Å². The van der Waals surface area contributed by atoms with Crippen molar-refractivity contribution in [1.29, 1.82) is 0 Å². The van der Waals surface area contributed by atoms with Crippen LogP contribution in [-0.2, 0) is 9.53 Å². The minimum Gasteiger partial charge on any atom is -0.378 e. The number of carbonyl (C=O) groups is 1. The molecule has 0 aromatic carbocycles. The van der Waals surface area contributed by atoms with E-state index in [1.807, 2.05) is 6.92 Å². The third kappa shape index (κ3) is 2.65. The van der Waals surface area contributed by atoms with Gasteiger partial charge in [-0.3, -0.25) is 10.1 Å². The molecule has 4 nitrogen and oxygen atoms in total. The Balaban J connectivity index is 2.22. The van der Waals surface area contributed by atoms with Crippen molar-refractivity contribution < 1.29 is 9.53 Å². The van der Waals surface area contributed by atoms with Crippen molar-refractivity contribution in [3.8, 4) is 0 Å². The smallest absolute Gasteiger partial charge is 0.244 e. The van der Waals surface area contributed by atoms with E-state index in [1.54, 1.807) is 0 Å². The second-order valence-corrected chi connectivity index (χ2v) is 6.59. The Hall–Kier alpha value is -0.610. The third-order valence-corrected chi connectivity index (χ3v) is 4.66. The lowest BCUT2D eigenvalue weighted by Crippen LogP contribution is -2.50. The van der Waals surface area contributed by atoms with Crippen molar-refractivity contribution in [2.24, 2.45) is 5.92 Å². The lowest BCUT2D eigenvalue weighted by atomic mass is 9.97. The third-order valence-electron chi connectivity index (χ3n) is 4.66. The zero-order valence-electron chi connectivity index (χ0n) is 12.9. The molecule has 4 heteroatoms. The van der Waals surface area contributed by atoms with Gasteiger partial charge in [-0.25, -0.2) is 0 Å². The van der Waals surface area contributed by atoms with Gasteiger partial charge >= 0.3 is 0 Å². The number of hydrogen-bond acceptors (Lipinski definition) is 3. The van der Waals surface area contributed by atoms with Gasteiger partial charge in [-0.1, -0.05) is 20.8 Å². The summed E-state index contributed by atoms with van der Waals surface area (Å²) in [6, 6.07) is 0.324. The maximum atomic E-state index is 12.8. The van der Waals surface area contributed by atoms with Gasteiger partial charge in [0.1, 0.15) is 0 Å². The van der Waals surface area contributed by atoms with Crippen molar-refractivity contribution in [3.63, 3.8) is 0 Å². The van der Waals surface area contributed by atoms with Gasteiger partial charge in [-0.15, -0.1) is 0 Å². The van der Waals surface area contributed by atoms with Crippen LogP contribution < -0.4 is 5.32 Å². The summed E-state index contributed by atoms with van der Waals surface area (Å²) in [7, 11) is 0. The van der Waals surface area contributed by atoms with Crippen LogP contribution in [0.5, 0.6) is 0 Å². The number of hydrogen-bond donors (Lipinski definition) is 1. The monoisotopic (exact) mass is 268 g/mol. The second-order valence-electron chi connectivity index (χ2n) is 6.59. The standard InChI is InChI=1S/C15H28N2O2/c1-6-15(5)14(18)17(13(16-15)10(2)3)12-7-8-19-11(4)9-12/h10-13,16H,6-9H2,1-5H3. The number of nitrogens with zero attached hydrogens (tertiary/aromatic N) is 1. The molecule has 0 aromatic rings. The van der Waals surface area contributed by atoms with Crippen molar-refractivity contribution in [2.45, 2.75) is 77.7 Å². The van der Waals surface area contributed by atoms with Gasteiger partial charge in [0, 0.05) is 12.6 Å². The average Bonchev–Trinajstić information content (AvgIpc) is 2.63. The van der Waals surface area contributed by atoms with E-state index in [4.69, 9.17) is 4.74 Å². The van der Waals surface area contributed by atoms with Gasteiger partial charge < -0.3 is 9.64 Å². The fourth-order valence-corrected chi connectivity index (χ4v) is 3.23. The Labute approximate surface area is 116 Å². The summed E-state index contributed by atoms with van der Waals surface area (Å²) in [4.78, 5) is 14.9. The summed E-state index contributed by atoms with van der Waals surface area (Å²) in [5.74, 6) is 0.697. The van der Waals surface area contributed by atoms with E-state index in [0.29, 0.717) is 12.0 Å². The lowest BCUT2D eigenvalue weighted by Gasteiger charge is -2.38. The SMILES string of the molecule is CCC1(C)NC(C(C)C)N(C2CCOC(C)C2)C1=O. The molecule has 19 heavy (non-hydrogen) atoms. The predicted octanol–water partition coefficient (Wildman–Crippen LogP) is 2.14. The van der Waals surface area contributed by atoms with Crippen molar-refractivity contribution in [1.82, 2.24) is 10.2 Å². The van der Waals surface area contributed by atoms with E-state index in [0.717, 1.165) is 25.9 Å². The van der Waals surface area contributed by atoms with Crippen molar-refractivity contribution in [3.05, 3.63) is 0 Å². The molecule has 1 amide bonds. The molecule has 2 saturated heterocycles. The van der Waals surface area contributed by atoms with Crippen LogP contribution in [-0.4, -0.2) is 41.3 Å². The summed E-state index contributed by atoms with van der Waals surface area (Å²) in [6.45, 7) is 11.4. The molecule has 2 aliphatic rings. The Morgan fingerprint density at radius 1 is 1.53 bits per heavy atom. The number of rotatable bonds is 3. The van der Waals surface area contributed by atoms with E-state index in [9.17, 15) is 4.79 Å². The minimum absolute atomic E-state index is 0.160. The second kappa shape index (κ2) is 5.41.